The van der Waals surface area contributed by atoms with Crippen molar-refractivity contribution in [3.63, 3.8) is 0 Å². The summed E-state index contributed by atoms with van der Waals surface area (Å²) in [6.07, 6.45) is -3.69. The first-order valence-corrected chi connectivity index (χ1v) is 16.6. The number of nitrogens with zero attached hydrogens (tertiary/aromatic N) is 1. The lowest BCUT2D eigenvalue weighted by Crippen LogP contribution is -2.29. The quantitative estimate of drug-likeness (QED) is 0.0980. The highest BCUT2D eigenvalue weighted by molar-refractivity contribution is 9.10. The Kier molecular flexibility index (Phi) is 12.6. The summed E-state index contributed by atoms with van der Waals surface area (Å²) < 4.78 is 60.4. The number of benzene rings is 3. The number of hydrogen-bond donors (Lipinski definition) is 0. The van der Waals surface area contributed by atoms with Crippen molar-refractivity contribution in [2.45, 2.75) is 44.8 Å². The molecular weight excluding hydrogens is 677 g/mol. The van der Waals surface area contributed by atoms with Crippen LogP contribution in [0.15, 0.2) is 70.0 Å². The van der Waals surface area contributed by atoms with E-state index in [2.05, 4.69) is 15.9 Å². The Bertz CT molecular complexity index is 1420. The van der Waals surface area contributed by atoms with Gasteiger partial charge in [-0.05, 0) is 57.3 Å². The van der Waals surface area contributed by atoms with E-state index in [4.69, 9.17) is 39.6 Å². The molecular formula is C27H30BrClNO10PS. The van der Waals surface area contributed by atoms with E-state index >= 15 is 0 Å². The molecule has 3 rings (SSSR count). The Balaban J connectivity index is 1.99. The van der Waals surface area contributed by atoms with Crippen molar-refractivity contribution in [3.05, 3.63) is 70.2 Å². The van der Waals surface area contributed by atoms with Gasteiger partial charge in [0, 0.05) is 14.9 Å². The highest BCUT2D eigenvalue weighted by atomic mass is 79.9. The van der Waals surface area contributed by atoms with Crippen LogP contribution in [0.3, 0.4) is 0 Å². The summed E-state index contributed by atoms with van der Waals surface area (Å²) in [5.74, 6) is 0. The van der Waals surface area contributed by atoms with Gasteiger partial charge in [-0.3, -0.25) is 17.9 Å². The van der Waals surface area contributed by atoms with Crippen LogP contribution in [0.5, 0.6) is 0 Å². The van der Waals surface area contributed by atoms with Gasteiger partial charge in [0.05, 0.1) is 22.8 Å². The van der Waals surface area contributed by atoms with Gasteiger partial charge in [0.2, 0.25) is 13.6 Å². The van der Waals surface area contributed by atoms with Gasteiger partial charge in [0.15, 0.2) is 11.0 Å². The molecule has 0 aliphatic carbocycles. The predicted molar refractivity (Wildman–Crippen MR) is 162 cm³/mol. The molecule has 0 saturated carbocycles. The van der Waals surface area contributed by atoms with Crippen LogP contribution >= 0.6 is 35.1 Å². The molecule has 11 nitrogen and oxygen atoms in total. The highest BCUT2D eigenvalue weighted by Gasteiger charge is 2.34. The first-order chi connectivity index (χ1) is 19.9. The number of halogens is 2. The highest BCUT2D eigenvalue weighted by Crippen LogP contribution is 2.50. The third kappa shape index (κ3) is 10.3. The zero-order chi connectivity index (χ0) is 30.9. The fraction of sp³-hybridized carbons (Fsp3) is 0.333. The van der Waals surface area contributed by atoms with Gasteiger partial charge in [-0.1, -0.05) is 63.9 Å². The minimum atomic E-state index is -4.38. The second-order valence-corrected chi connectivity index (χ2v) is 13.9. The standard InChI is InChI=1S/C27H30BrClNO10PS/c1-18(2)39-26(31)35-16-37-41(33,38-17-36-27(32)40-19(3)4)15-30(42(34)23-13-21(28)12-22(29)14-23)25-11-7-9-20-8-5-6-10-24(20)25/h5-14,18-19H,15-17H2,1-4H3. The number of hydrogen-bond acceptors (Lipinski definition) is 10. The van der Waals surface area contributed by atoms with Gasteiger partial charge >= 0.3 is 19.9 Å². The molecule has 0 radical (unpaired) electrons. The minimum Gasteiger partial charge on any atom is -0.432 e. The molecule has 0 aliphatic heterocycles. The molecule has 0 N–H and O–H groups in total. The van der Waals surface area contributed by atoms with Crippen molar-refractivity contribution in [1.82, 2.24) is 0 Å². The minimum absolute atomic E-state index is 0.280. The fourth-order valence-corrected chi connectivity index (χ4v) is 7.54. The van der Waals surface area contributed by atoms with Crippen LogP contribution < -0.4 is 4.31 Å². The topological polar surface area (TPSA) is 127 Å². The van der Waals surface area contributed by atoms with Crippen LogP contribution in [0.4, 0.5) is 15.3 Å². The Morgan fingerprint density at radius 3 is 2.05 bits per heavy atom. The van der Waals surface area contributed by atoms with Gasteiger partial charge in [-0.25, -0.2) is 13.8 Å². The Morgan fingerprint density at radius 2 is 1.48 bits per heavy atom. The second-order valence-electron chi connectivity index (χ2n) is 9.10. The molecule has 1 atom stereocenters. The zero-order valence-corrected chi connectivity index (χ0v) is 27.2. The maximum absolute atomic E-state index is 14.1. The summed E-state index contributed by atoms with van der Waals surface area (Å²) in [5.41, 5.74) is 0.426. The number of anilines is 1. The van der Waals surface area contributed by atoms with Crippen LogP contribution in [0.25, 0.3) is 10.8 Å². The van der Waals surface area contributed by atoms with Crippen molar-refractivity contribution < 1.29 is 46.4 Å². The van der Waals surface area contributed by atoms with Crippen LogP contribution in [0.1, 0.15) is 27.7 Å². The second kappa shape index (κ2) is 15.7. The van der Waals surface area contributed by atoms with Gasteiger partial charge in [0.1, 0.15) is 6.29 Å². The van der Waals surface area contributed by atoms with Crippen molar-refractivity contribution in [2.24, 2.45) is 0 Å². The molecule has 3 aromatic carbocycles. The summed E-state index contributed by atoms with van der Waals surface area (Å²) in [6.45, 7) is 4.81. The molecule has 1 unspecified atom stereocenters. The summed E-state index contributed by atoms with van der Waals surface area (Å²) in [5, 5.41) is 1.82. The smallest absolute Gasteiger partial charge is 0.432 e. The molecule has 15 heteroatoms. The normalized spacial score (nSPS) is 12.3. The van der Waals surface area contributed by atoms with Gasteiger partial charge < -0.3 is 18.9 Å². The SMILES string of the molecule is CC(C)OC(=O)OCOP(=O)(CN(c1cccc2ccccc12)S(=O)c1cc(Cl)cc(Br)c1)OCOC(=O)OC(C)C. The molecule has 0 fully saturated rings. The van der Waals surface area contributed by atoms with Crippen molar-refractivity contribution in [2.75, 3.05) is 24.2 Å². The maximum atomic E-state index is 14.1. The summed E-state index contributed by atoms with van der Waals surface area (Å²) in [6, 6.07) is 17.4. The molecule has 0 amide bonds. The van der Waals surface area contributed by atoms with E-state index in [1.165, 1.54) is 10.4 Å². The average molecular weight is 707 g/mol. The van der Waals surface area contributed by atoms with Gasteiger partial charge in [-0.15, -0.1) is 0 Å². The number of rotatable bonds is 13. The lowest BCUT2D eigenvalue weighted by Gasteiger charge is -2.28. The average Bonchev–Trinajstić information content (AvgIpc) is 2.90. The largest absolute Gasteiger partial charge is 0.510 e. The first-order valence-electron chi connectivity index (χ1n) is 12.5. The van der Waals surface area contributed by atoms with Gasteiger partial charge in [0.25, 0.3) is 0 Å². The van der Waals surface area contributed by atoms with Crippen LogP contribution in [0, 0.1) is 0 Å². The number of fused-ring (bicyclic) bond motifs is 1. The number of ether oxygens (including phenoxy) is 4. The Hall–Kier alpha value is -2.67. The zero-order valence-electron chi connectivity index (χ0n) is 23.2. The third-order valence-electron chi connectivity index (χ3n) is 5.09. The fourth-order valence-electron chi connectivity index (χ4n) is 3.44. The van der Waals surface area contributed by atoms with Crippen LogP contribution in [-0.2, 0) is 43.5 Å². The molecule has 0 aliphatic rings. The van der Waals surface area contributed by atoms with Crippen molar-refractivity contribution in [3.8, 4) is 0 Å². The van der Waals surface area contributed by atoms with E-state index in [-0.39, 0.29) is 4.90 Å². The molecule has 0 spiro atoms. The number of carbonyl (C=O) groups is 2. The monoisotopic (exact) mass is 705 g/mol. The lowest BCUT2D eigenvalue weighted by atomic mass is 10.1. The summed E-state index contributed by atoms with van der Waals surface area (Å²) >= 11 is 9.59. The van der Waals surface area contributed by atoms with E-state index in [0.29, 0.717) is 20.6 Å². The van der Waals surface area contributed by atoms with Crippen LogP contribution in [-0.4, -0.2) is 48.6 Å². The maximum Gasteiger partial charge on any atom is 0.510 e. The summed E-state index contributed by atoms with van der Waals surface area (Å²) in [7, 11) is -6.39. The Labute approximate surface area is 259 Å². The molecule has 0 bridgehead atoms. The molecule has 0 saturated heterocycles. The van der Waals surface area contributed by atoms with Crippen LogP contribution in [0.2, 0.25) is 5.02 Å². The first kappa shape index (κ1) is 33.8. The third-order valence-corrected chi connectivity index (χ3v) is 8.95. The molecule has 228 valence electrons. The lowest BCUT2D eigenvalue weighted by molar-refractivity contribution is -0.0300. The van der Waals surface area contributed by atoms with Crippen molar-refractivity contribution >= 4 is 74.9 Å². The molecule has 0 aromatic heterocycles. The molecule has 0 heterocycles. The van der Waals surface area contributed by atoms with Crippen molar-refractivity contribution in [1.29, 1.82) is 0 Å². The Morgan fingerprint density at radius 1 is 0.905 bits per heavy atom. The van der Waals surface area contributed by atoms with E-state index in [9.17, 15) is 18.4 Å². The van der Waals surface area contributed by atoms with E-state index < -0.39 is 63.0 Å². The molecule has 3 aromatic rings. The summed E-state index contributed by atoms with van der Waals surface area (Å²) in [4.78, 5) is 24.0. The predicted octanol–water partition coefficient (Wildman–Crippen LogP) is 8.01. The van der Waals surface area contributed by atoms with E-state index in [0.717, 1.165) is 5.39 Å². The van der Waals surface area contributed by atoms with E-state index in [1.807, 2.05) is 24.3 Å². The molecule has 42 heavy (non-hydrogen) atoms. The van der Waals surface area contributed by atoms with E-state index in [1.54, 1.807) is 58.0 Å². The number of carbonyl (C=O) groups excluding carboxylic acids is 2. The van der Waals surface area contributed by atoms with Gasteiger partial charge in [-0.2, -0.15) is 0 Å².